The lowest BCUT2D eigenvalue weighted by molar-refractivity contribution is -0.154. The first-order valence-electron chi connectivity index (χ1n) is 9.44. The van der Waals surface area contributed by atoms with Gasteiger partial charge >= 0.3 is 12.1 Å². The molecule has 2 N–H and O–H groups in total. The number of rotatable bonds is 6. The fourth-order valence-electron chi connectivity index (χ4n) is 2.90. The van der Waals surface area contributed by atoms with Gasteiger partial charge in [0.15, 0.2) is 0 Å². The minimum atomic E-state index is -5.00. The van der Waals surface area contributed by atoms with Crippen molar-refractivity contribution in [1.29, 1.82) is 0 Å². The topological polar surface area (TPSA) is 91.8 Å². The lowest BCUT2D eigenvalue weighted by Gasteiger charge is -2.15. The van der Waals surface area contributed by atoms with Crippen LogP contribution in [0.1, 0.15) is 26.0 Å². The van der Waals surface area contributed by atoms with Gasteiger partial charge in [-0.1, -0.05) is 32.0 Å². The van der Waals surface area contributed by atoms with Gasteiger partial charge < -0.3 is 32.0 Å². The van der Waals surface area contributed by atoms with Crippen LogP contribution in [-0.2, 0) is 11.0 Å². The van der Waals surface area contributed by atoms with Gasteiger partial charge in [-0.2, -0.15) is 13.2 Å². The number of ether oxygens (including phenoxy) is 2. The van der Waals surface area contributed by atoms with Crippen molar-refractivity contribution >= 4 is 16.9 Å². The highest BCUT2D eigenvalue weighted by Crippen LogP contribution is 2.38. The molecule has 32 heavy (non-hydrogen) atoms. The van der Waals surface area contributed by atoms with Crippen molar-refractivity contribution in [3.63, 3.8) is 0 Å². The van der Waals surface area contributed by atoms with E-state index in [2.05, 4.69) is 0 Å². The van der Waals surface area contributed by atoms with Crippen LogP contribution in [0, 0.1) is 5.92 Å². The Morgan fingerprint density at radius 2 is 1.75 bits per heavy atom. The van der Waals surface area contributed by atoms with Gasteiger partial charge in [-0.15, -0.1) is 0 Å². The summed E-state index contributed by atoms with van der Waals surface area (Å²) in [5.74, 6) is -3.21. The summed E-state index contributed by atoms with van der Waals surface area (Å²) in [6, 6.07) is 10.2. The molecule has 6 nitrogen and oxygen atoms in total. The number of benzene rings is 2. The fourth-order valence-corrected chi connectivity index (χ4v) is 2.90. The van der Waals surface area contributed by atoms with Crippen LogP contribution in [-0.4, -0.2) is 12.0 Å². The number of alkyl halides is 3. The van der Waals surface area contributed by atoms with Crippen LogP contribution < -0.4 is 33.0 Å². The molecule has 0 radical (unpaired) electrons. The molecule has 0 amide bonds. The molecule has 1 unspecified atom stereocenters. The zero-order chi connectivity index (χ0) is 22.8. The maximum atomic E-state index is 13.6. The molecule has 0 bridgehead atoms. The molecule has 0 saturated carbocycles. The summed E-state index contributed by atoms with van der Waals surface area (Å²) in [5.41, 5.74) is 4.35. The predicted octanol–water partition coefficient (Wildman–Crippen LogP) is 1.89. The molecule has 0 saturated heterocycles. The summed E-state index contributed by atoms with van der Waals surface area (Å²) >= 11 is 0. The van der Waals surface area contributed by atoms with Crippen molar-refractivity contribution < 1.29 is 44.3 Å². The lowest BCUT2D eigenvalue weighted by atomic mass is 10.1. The first-order chi connectivity index (χ1) is 14.6. The molecule has 0 fully saturated rings. The molecular formula is C22H20ClF3NO5-. The third-order valence-corrected chi connectivity index (χ3v) is 4.29. The summed E-state index contributed by atoms with van der Waals surface area (Å²) in [7, 11) is 0. The summed E-state index contributed by atoms with van der Waals surface area (Å²) in [5, 5.41) is -0.162. The Morgan fingerprint density at radius 1 is 1.09 bits per heavy atom. The predicted molar refractivity (Wildman–Crippen MR) is 107 cm³/mol. The quantitative estimate of drug-likeness (QED) is 0.437. The normalized spacial score (nSPS) is 12.3. The van der Waals surface area contributed by atoms with Crippen LogP contribution in [0.5, 0.6) is 17.2 Å². The zero-order valence-electron chi connectivity index (χ0n) is 17.1. The second-order valence-corrected chi connectivity index (χ2v) is 7.32. The highest BCUT2D eigenvalue weighted by Gasteiger charge is 2.40. The van der Waals surface area contributed by atoms with Gasteiger partial charge in [-0.3, -0.25) is 4.79 Å². The molecule has 10 heteroatoms. The Labute approximate surface area is 187 Å². The number of esters is 1. The van der Waals surface area contributed by atoms with Gasteiger partial charge in [0.2, 0.25) is 11.2 Å². The van der Waals surface area contributed by atoms with Crippen molar-refractivity contribution in [3.8, 4) is 17.2 Å². The van der Waals surface area contributed by atoms with Crippen molar-refractivity contribution in [2.75, 3.05) is 0 Å². The molecule has 0 aliphatic heterocycles. The lowest BCUT2D eigenvalue weighted by Crippen LogP contribution is -3.00. The number of carbonyl (C=O) groups excluding carboxylic acids is 1. The molecule has 0 aliphatic rings. The smallest absolute Gasteiger partial charge is 0.453 e. The average Bonchev–Trinajstić information content (AvgIpc) is 2.69. The Kier molecular flexibility index (Phi) is 7.92. The Hall–Kier alpha value is -3.04. The molecule has 3 aromatic rings. The molecule has 2 aromatic carbocycles. The number of hydrogen-bond donors (Lipinski definition) is 1. The van der Waals surface area contributed by atoms with E-state index in [0.717, 1.165) is 6.07 Å². The van der Waals surface area contributed by atoms with E-state index in [9.17, 15) is 22.8 Å². The third-order valence-electron chi connectivity index (χ3n) is 4.29. The molecule has 0 aliphatic carbocycles. The van der Waals surface area contributed by atoms with Gasteiger partial charge in [0.1, 0.15) is 23.1 Å². The number of nitrogens with two attached hydrogens (primary N) is 1. The van der Waals surface area contributed by atoms with Crippen LogP contribution in [0.4, 0.5) is 13.2 Å². The van der Waals surface area contributed by atoms with Gasteiger partial charge in [-0.25, -0.2) is 4.79 Å². The largest absolute Gasteiger partial charge is 1.00 e. The average molecular weight is 471 g/mol. The Morgan fingerprint density at radius 3 is 2.34 bits per heavy atom. The van der Waals surface area contributed by atoms with Crippen LogP contribution in [0.15, 0.2) is 57.7 Å². The van der Waals surface area contributed by atoms with E-state index in [0.29, 0.717) is 6.42 Å². The van der Waals surface area contributed by atoms with Crippen LogP contribution >= 0.6 is 0 Å². The van der Waals surface area contributed by atoms with Gasteiger partial charge in [0.05, 0.1) is 5.39 Å². The summed E-state index contributed by atoms with van der Waals surface area (Å²) in [6.07, 6.45) is -4.62. The second kappa shape index (κ2) is 10.1. The summed E-state index contributed by atoms with van der Waals surface area (Å²) in [6.45, 7) is 3.76. The number of fused-ring (bicyclic) bond motifs is 1. The number of para-hydroxylation sites is 1. The van der Waals surface area contributed by atoms with E-state index in [1.165, 1.54) is 24.3 Å². The van der Waals surface area contributed by atoms with Crippen molar-refractivity contribution in [1.82, 2.24) is 0 Å². The van der Waals surface area contributed by atoms with Crippen molar-refractivity contribution in [3.05, 3.63) is 64.5 Å². The van der Waals surface area contributed by atoms with E-state index < -0.39 is 40.7 Å². The van der Waals surface area contributed by atoms with Crippen molar-refractivity contribution in [2.24, 2.45) is 11.7 Å². The SMILES string of the molecule is CC(C)CC(N)C(=O)Oc1ccc2c(=O)c(Oc3ccccc3)c(C(F)(F)F)oc2c1.[Cl-]. The van der Waals surface area contributed by atoms with Gasteiger partial charge in [-0.05, 0) is 36.6 Å². The minimum Gasteiger partial charge on any atom is -1.00 e. The summed E-state index contributed by atoms with van der Waals surface area (Å²) in [4.78, 5) is 24.8. The number of carbonyl (C=O) groups is 1. The third kappa shape index (κ3) is 5.80. The van der Waals surface area contributed by atoms with E-state index >= 15 is 0 Å². The molecule has 172 valence electrons. The first kappa shape index (κ1) is 25.2. The molecule has 1 heterocycles. The van der Waals surface area contributed by atoms with Gasteiger partial charge in [0, 0.05) is 6.07 Å². The molecular weight excluding hydrogens is 451 g/mol. The highest BCUT2D eigenvalue weighted by molar-refractivity contribution is 5.82. The Bertz CT molecular complexity index is 1150. The number of halogens is 4. The molecule has 1 aromatic heterocycles. The van der Waals surface area contributed by atoms with Crippen LogP contribution in [0.25, 0.3) is 11.0 Å². The molecule has 1 atom stereocenters. The second-order valence-electron chi connectivity index (χ2n) is 7.32. The fraction of sp³-hybridized carbons (Fsp3) is 0.273. The Balaban J connectivity index is 0.00000363. The van der Waals surface area contributed by atoms with Crippen molar-refractivity contribution in [2.45, 2.75) is 32.5 Å². The first-order valence-corrected chi connectivity index (χ1v) is 9.44. The maximum absolute atomic E-state index is 13.6. The van der Waals surface area contributed by atoms with E-state index in [-0.39, 0.29) is 35.2 Å². The monoisotopic (exact) mass is 470 g/mol. The molecule has 3 rings (SSSR count). The van der Waals surface area contributed by atoms with E-state index in [4.69, 9.17) is 19.6 Å². The minimum absolute atomic E-state index is 0. The highest BCUT2D eigenvalue weighted by atomic mass is 35.5. The summed E-state index contributed by atoms with van der Waals surface area (Å²) < 4.78 is 56.1. The maximum Gasteiger partial charge on any atom is 0.453 e. The van der Waals surface area contributed by atoms with Crippen LogP contribution in [0.3, 0.4) is 0 Å². The zero-order valence-corrected chi connectivity index (χ0v) is 17.9. The van der Waals surface area contributed by atoms with E-state index in [1.54, 1.807) is 18.2 Å². The van der Waals surface area contributed by atoms with E-state index in [1.807, 2.05) is 13.8 Å². The molecule has 0 spiro atoms. The number of hydrogen-bond acceptors (Lipinski definition) is 6. The van der Waals surface area contributed by atoms with Crippen LogP contribution in [0.2, 0.25) is 0 Å². The standard InChI is InChI=1S/C22H20F3NO5.ClH/c1-12(2)10-16(26)21(28)30-14-8-9-15-17(11-14)31-20(22(23,24)25)19(18(15)27)29-13-6-4-3-5-7-13;/h3-9,11-12,16H,10,26H2,1-2H3;1H/p-1. The van der Waals surface area contributed by atoms with Gasteiger partial charge in [0.25, 0.3) is 5.76 Å².